The van der Waals surface area contributed by atoms with Crippen molar-refractivity contribution in [3.05, 3.63) is 133 Å². The fourth-order valence-electron chi connectivity index (χ4n) is 9.86. The molecule has 4 aromatic rings. The van der Waals surface area contributed by atoms with Crippen molar-refractivity contribution in [2.24, 2.45) is 4.99 Å². The Morgan fingerprint density at radius 1 is 0.957 bits per heavy atom. The Balaban J connectivity index is 0.828. The molecule has 1 saturated heterocycles. The van der Waals surface area contributed by atoms with Crippen LogP contribution in [0.25, 0.3) is 33.4 Å². The molecule has 0 bridgehead atoms. The van der Waals surface area contributed by atoms with Crippen LogP contribution in [0.15, 0.2) is 98.0 Å². The van der Waals surface area contributed by atoms with Gasteiger partial charge in [0.05, 0.1) is 31.2 Å². The molecule has 0 spiro atoms. The molecule has 3 aliphatic rings. The predicted molar refractivity (Wildman–Crippen MR) is 368 cm³/mol. The number of H-pyrrole nitrogens is 1. The molecule has 3 aromatic carbocycles. The Hall–Kier alpha value is -6.67. The van der Waals surface area contributed by atoms with Crippen LogP contribution in [0.2, 0.25) is 0 Å². The molecule has 4 amide bonds. The molecule has 3 heterocycles. The summed E-state index contributed by atoms with van der Waals surface area (Å²) in [6.07, 6.45) is 1.64. The van der Waals surface area contributed by atoms with E-state index in [4.69, 9.17) is 37.6 Å². The van der Waals surface area contributed by atoms with Crippen LogP contribution in [-0.2, 0) is 37.6 Å². The quantitative estimate of drug-likeness (QED) is 0.00559. The van der Waals surface area contributed by atoms with Crippen molar-refractivity contribution in [2.45, 2.75) is 109 Å². The Morgan fingerprint density at radius 3 is 2.49 bits per heavy atom. The number of aromatic amines is 1. The topological polar surface area (TPSA) is 293 Å². The zero-order valence-electron chi connectivity index (χ0n) is 53.9. The number of benzene rings is 4. The number of carbonyl (C=O) groups excluding carboxylic acids is 4. The van der Waals surface area contributed by atoms with Crippen LogP contribution in [0.4, 0.5) is 5.69 Å². The van der Waals surface area contributed by atoms with Gasteiger partial charge in [0.15, 0.2) is 0 Å². The van der Waals surface area contributed by atoms with E-state index in [-0.39, 0.29) is 99.0 Å². The number of fused-ring (bicyclic) bond motifs is 2. The minimum absolute atomic E-state index is 0.0613. The minimum Gasteiger partial charge on any atom is -0.490 e. The van der Waals surface area contributed by atoms with Crippen LogP contribution in [0.1, 0.15) is 104 Å². The van der Waals surface area contributed by atoms with E-state index in [1.54, 1.807) is 47.0 Å². The number of nitrogens with zero attached hydrogens (tertiary/aromatic N) is 3. The van der Waals surface area contributed by atoms with Crippen LogP contribution in [-0.4, -0.2) is 156 Å². The molecule has 28 heteroatoms. The first-order valence-corrected chi connectivity index (χ1v) is 36.4. The molecule has 6 N–H and O–H groups in total. The molecule has 500 valence electrons. The van der Waals surface area contributed by atoms with Gasteiger partial charge in [-0.1, -0.05) is 100 Å². The van der Waals surface area contributed by atoms with Crippen LogP contribution in [0, 0.1) is 25.7 Å². The van der Waals surface area contributed by atoms with Crippen molar-refractivity contribution in [3.63, 3.8) is 0 Å². The molecule has 1 aliphatic carbocycles. The highest BCUT2D eigenvalue weighted by molar-refractivity contribution is 8.77. The average Bonchev–Trinajstić information content (AvgIpc) is 1.20. The summed E-state index contributed by atoms with van der Waals surface area (Å²) in [5, 5.41) is 13.5. The van der Waals surface area contributed by atoms with Gasteiger partial charge in [0.1, 0.15) is 65.7 Å². The molecule has 1 fully saturated rings. The first kappa shape index (κ1) is 73.7. The molecule has 1 aromatic heterocycles. The Labute approximate surface area is 557 Å². The number of aromatic nitrogens is 2. The molecule has 93 heavy (non-hydrogen) atoms. The van der Waals surface area contributed by atoms with E-state index in [2.05, 4.69) is 77.9 Å². The number of carbonyl (C=O) groups is 4. The fourth-order valence-corrected chi connectivity index (χ4v) is 13.7. The number of aryl methyl sites for hydroxylation is 2. The molecule has 0 radical (unpaired) electrons. The third kappa shape index (κ3) is 22.2. The molecule has 7 rings (SSSR count). The summed E-state index contributed by atoms with van der Waals surface area (Å²) < 4.78 is 53.6. The first-order chi connectivity index (χ1) is 44.5. The maximum Gasteiger partial charge on any atom is 0.694 e. The number of nitrogens with one attached hydrogen (secondary N) is 5. The van der Waals surface area contributed by atoms with Gasteiger partial charge in [-0.15, -0.1) is 9.42 Å². The second-order valence-corrected chi connectivity index (χ2v) is 29.1. The smallest absolute Gasteiger partial charge is 0.490 e. The van der Waals surface area contributed by atoms with Gasteiger partial charge in [-0.05, 0) is 100 Å². The highest BCUT2D eigenvalue weighted by Crippen LogP contribution is 2.44. The largest absolute Gasteiger partial charge is 0.694 e. The highest BCUT2D eigenvalue weighted by Gasteiger charge is 2.41. The van der Waals surface area contributed by atoms with E-state index in [1.807, 2.05) is 70.3 Å². The van der Waals surface area contributed by atoms with E-state index >= 15 is 0 Å². The van der Waals surface area contributed by atoms with Gasteiger partial charge in [-0.25, -0.2) is 4.79 Å². The second-order valence-electron chi connectivity index (χ2n) is 22.4. The lowest BCUT2D eigenvalue weighted by molar-refractivity contribution is -0.126. The monoisotopic (exact) mass is 1370 g/mol. The van der Waals surface area contributed by atoms with Crippen molar-refractivity contribution in [1.82, 2.24) is 30.4 Å². The summed E-state index contributed by atoms with van der Waals surface area (Å²) in [6, 6.07) is 22.5. The van der Waals surface area contributed by atoms with E-state index in [0.29, 0.717) is 47.7 Å². The van der Waals surface area contributed by atoms with E-state index < -0.39 is 49.3 Å². The minimum atomic E-state index is -2.90. The van der Waals surface area contributed by atoms with Gasteiger partial charge < -0.3 is 54.3 Å². The molecular formula is C65H82N8O15PS4+. The maximum atomic E-state index is 14.3. The molecule has 23 nitrogen and oxygen atoms in total. The standard InChI is InChI=1S/C65H81N8O15PS4/c1-11-66-50-33-52-48(30-40(50)3)60(49-31-41(4)51(67-12-2)34-53(49)87-52)46-21-13-14-22-47(46)63(78)72(9)27-17-23-56(74)69-25-26-70-61(76)43-18-15-20-45(32-43)84-39-59(92-93-65(6,7)8)83-29-28-82-38-57(75)68-24-16-19-44-36-73(64(79)71-62(44)77)58-35-54(86-42(5)91-90-10)55(88-58)37-85-89(80)81/h13-15,18,20-22,30-34,36,42,54-55,58-59H,11-12,17,23-29,35,37-39H2,1-10H3,(H5-,66,67,68,69,70,71,74,75,76,77,79,80,81)/p+1/t42-,54?,55-,58-,59?/m1/s1. The van der Waals surface area contributed by atoms with Crippen LogP contribution < -0.4 is 42.6 Å². The zero-order chi connectivity index (χ0) is 67.2. The molecule has 3 unspecified atom stereocenters. The van der Waals surface area contributed by atoms with Gasteiger partial charge in [0, 0.05) is 114 Å². The first-order valence-electron chi connectivity index (χ1n) is 30.4. The molecule has 6 atom stereocenters. The van der Waals surface area contributed by atoms with E-state index in [9.17, 15) is 38.2 Å². The van der Waals surface area contributed by atoms with Gasteiger partial charge in [0.2, 0.25) is 11.8 Å². The zero-order valence-corrected chi connectivity index (χ0v) is 58.0. The summed E-state index contributed by atoms with van der Waals surface area (Å²) in [6.45, 7) is 17.9. The van der Waals surface area contributed by atoms with Crippen molar-refractivity contribution in [2.75, 3.05) is 90.9 Å². The third-order valence-corrected chi connectivity index (χ3v) is 20.0. The highest BCUT2D eigenvalue weighted by atomic mass is 33.1. The molecule has 0 saturated carbocycles. The number of amides is 4. The SMILES string of the molecule is CCN=c1cc2oc3cc(NCC)c(C)cc3c(-c3ccccc3C(=O)N(C)CCCC(=O)NCCNC(=O)c3cccc(OCC(OCCOCC(=O)NCC#Cc4cn([C@H]5CC(O[C@@H](C)SSC)[C@@H](CO[P+](=O)O)O5)c(=O)[nH]c4=O)SSC(C)(C)C)c3)c-2cc1C. The summed E-state index contributed by atoms with van der Waals surface area (Å²) in [4.78, 5) is 96.5. The van der Waals surface area contributed by atoms with Crippen LogP contribution in [0.3, 0.4) is 0 Å². The van der Waals surface area contributed by atoms with E-state index in [0.717, 1.165) is 55.4 Å². The van der Waals surface area contributed by atoms with Crippen molar-refractivity contribution in [3.8, 4) is 40.0 Å². The Bertz CT molecular complexity index is 3810. The van der Waals surface area contributed by atoms with Gasteiger partial charge in [0.25, 0.3) is 17.4 Å². The number of anilines is 1. The summed E-state index contributed by atoms with van der Waals surface area (Å²) >= 11 is 0. The van der Waals surface area contributed by atoms with Gasteiger partial charge in [-0.2, -0.15) is 0 Å². The van der Waals surface area contributed by atoms with E-state index in [1.165, 1.54) is 38.6 Å². The van der Waals surface area contributed by atoms with Crippen LogP contribution in [0.5, 0.6) is 5.75 Å². The van der Waals surface area contributed by atoms with Crippen molar-refractivity contribution >= 4 is 91.7 Å². The third-order valence-electron chi connectivity index (χ3n) is 14.1. The van der Waals surface area contributed by atoms with Gasteiger partial charge >= 0.3 is 13.9 Å². The maximum absolute atomic E-state index is 14.3. The molecular weight excluding hydrogens is 1290 g/mol. The van der Waals surface area contributed by atoms with Crippen molar-refractivity contribution < 1.29 is 61.3 Å². The number of rotatable bonds is 33. The summed E-state index contributed by atoms with van der Waals surface area (Å²) in [5.41, 5.74) is 4.84. The number of hydrogen-bond acceptors (Lipinski definition) is 20. The number of ether oxygens (including phenoxy) is 5. The predicted octanol–water partition coefficient (Wildman–Crippen LogP) is 9.20. The van der Waals surface area contributed by atoms with Gasteiger partial charge in [-0.3, -0.25) is 38.5 Å². The molecule has 2 aliphatic heterocycles. The van der Waals surface area contributed by atoms with Crippen LogP contribution >= 0.6 is 51.4 Å². The normalized spacial score (nSPS) is 15.7. The fraction of sp³-hybridized carbons (Fsp3) is 0.462. The Morgan fingerprint density at radius 2 is 1.74 bits per heavy atom. The van der Waals surface area contributed by atoms with Crippen molar-refractivity contribution in [1.29, 1.82) is 0 Å². The summed E-state index contributed by atoms with van der Waals surface area (Å²) in [7, 11) is 4.88. The average molecular weight is 1370 g/mol. The Kier molecular flexibility index (Phi) is 28.8. The lowest BCUT2D eigenvalue weighted by Gasteiger charge is -2.22. The number of hydrogen-bond donors (Lipinski definition) is 6. The lowest BCUT2D eigenvalue weighted by atomic mass is 9.89. The lowest BCUT2D eigenvalue weighted by Crippen LogP contribution is -2.35. The second kappa shape index (κ2) is 36.3. The summed E-state index contributed by atoms with van der Waals surface area (Å²) in [5.74, 6) is 5.28.